The molecule has 2 rings (SSSR count). The first-order valence-electron chi connectivity index (χ1n) is 7.36. The normalized spacial score (nSPS) is 13.5. The number of halogens is 2. The summed E-state index contributed by atoms with van der Waals surface area (Å²) in [4.78, 5) is 36.5. The number of rotatable bonds is 4. The van der Waals surface area contributed by atoms with Crippen LogP contribution in [-0.4, -0.2) is 31.9 Å². The zero-order valence-electron chi connectivity index (χ0n) is 14.2. The second-order valence-electron chi connectivity index (χ2n) is 5.16. The van der Waals surface area contributed by atoms with Gasteiger partial charge in [-0.3, -0.25) is 4.79 Å². The molecule has 0 aliphatic carbocycles. The fourth-order valence-corrected chi connectivity index (χ4v) is 2.34. The molecule has 1 aromatic carbocycles. The molecule has 0 fully saturated rings. The van der Waals surface area contributed by atoms with Crippen LogP contribution in [0.1, 0.15) is 17.3 Å². The van der Waals surface area contributed by atoms with Crippen LogP contribution in [-0.2, 0) is 19.1 Å². The molecule has 0 spiro atoms. The first-order chi connectivity index (χ1) is 12.3. The fourth-order valence-electron chi connectivity index (χ4n) is 2.34. The van der Waals surface area contributed by atoms with Crippen LogP contribution < -0.4 is 4.90 Å². The van der Waals surface area contributed by atoms with Gasteiger partial charge in [0.25, 0.3) is 0 Å². The number of esters is 2. The summed E-state index contributed by atoms with van der Waals surface area (Å²) in [5.74, 6) is -4.60. The molecule has 0 radical (unpaired) electrons. The third-order valence-corrected chi connectivity index (χ3v) is 3.55. The summed E-state index contributed by atoms with van der Waals surface area (Å²) in [7, 11) is 2.16. The minimum Gasteiger partial charge on any atom is -0.465 e. The van der Waals surface area contributed by atoms with E-state index in [0.717, 1.165) is 31.3 Å². The highest BCUT2D eigenvalue weighted by Crippen LogP contribution is 2.31. The predicted molar refractivity (Wildman–Crippen MR) is 88.2 cm³/mol. The summed E-state index contributed by atoms with van der Waals surface area (Å²) in [6, 6.07) is 1.69. The van der Waals surface area contributed by atoms with Crippen molar-refractivity contribution in [3.8, 4) is 0 Å². The Kier molecular flexibility index (Phi) is 5.66. The highest BCUT2D eigenvalue weighted by Gasteiger charge is 2.30. The molecule has 136 valence electrons. The number of hydrogen-bond donors (Lipinski definition) is 0. The monoisotopic (exact) mass is 363 g/mol. The van der Waals surface area contributed by atoms with E-state index in [9.17, 15) is 23.2 Å². The van der Waals surface area contributed by atoms with Gasteiger partial charge < -0.3 is 14.4 Å². The molecule has 6 nitrogen and oxygen atoms in total. The lowest BCUT2D eigenvalue weighted by Gasteiger charge is -2.24. The Morgan fingerprint density at radius 2 is 1.54 bits per heavy atom. The Bertz CT molecular complexity index is 847. The average Bonchev–Trinajstić information content (AvgIpc) is 2.82. The number of ether oxygens (including phenoxy) is 2. The van der Waals surface area contributed by atoms with Crippen molar-refractivity contribution in [2.24, 2.45) is 0 Å². The molecule has 0 amide bonds. The Labute approximate surface area is 148 Å². The number of anilines is 1. The van der Waals surface area contributed by atoms with E-state index in [1.165, 1.54) is 31.4 Å². The number of Topliss-reactive ketones (excluding diaryl/α,β-unsaturated/α-hetero) is 1. The maximum absolute atomic E-state index is 14.6. The molecule has 8 heteroatoms. The summed E-state index contributed by atoms with van der Waals surface area (Å²) in [5, 5.41) is 0. The lowest BCUT2D eigenvalue weighted by atomic mass is 10.1. The maximum Gasteiger partial charge on any atom is 0.355 e. The fraction of sp³-hybridized carbons (Fsp3) is 0.167. The van der Waals surface area contributed by atoms with Crippen LogP contribution in [0.25, 0.3) is 0 Å². The Morgan fingerprint density at radius 1 is 0.962 bits per heavy atom. The first kappa shape index (κ1) is 19.0. The van der Waals surface area contributed by atoms with Crippen molar-refractivity contribution >= 4 is 23.4 Å². The number of hydrogen-bond acceptors (Lipinski definition) is 6. The van der Waals surface area contributed by atoms with E-state index in [-0.39, 0.29) is 11.1 Å². The molecule has 0 saturated heterocycles. The summed E-state index contributed by atoms with van der Waals surface area (Å²) in [6.45, 7) is 1.17. The topological polar surface area (TPSA) is 72.9 Å². The van der Waals surface area contributed by atoms with Crippen molar-refractivity contribution in [1.82, 2.24) is 0 Å². The van der Waals surface area contributed by atoms with Crippen molar-refractivity contribution in [3.05, 3.63) is 65.0 Å². The minimum absolute atomic E-state index is 0.169. The van der Waals surface area contributed by atoms with Gasteiger partial charge in [-0.05, 0) is 31.2 Å². The molecule has 1 aromatic rings. The van der Waals surface area contributed by atoms with Crippen LogP contribution in [0.5, 0.6) is 0 Å². The zero-order chi connectivity index (χ0) is 19.4. The van der Waals surface area contributed by atoms with Crippen molar-refractivity contribution in [1.29, 1.82) is 0 Å². The van der Waals surface area contributed by atoms with Gasteiger partial charge in [0, 0.05) is 11.8 Å². The highest BCUT2D eigenvalue weighted by atomic mass is 19.1. The molecular formula is C18H15F2NO5. The van der Waals surface area contributed by atoms with Crippen LogP contribution >= 0.6 is 0 Å². The van der Waals surface area contributed by atoms with Crippen LogP contribution in [0.4, 0.5) is 14.5 Å². The standard InChI is InChI=1S/C18H15F2NO5/c1-10(22)11-8-13(19)16(14(20)9-11)21-7-5-4-6-12(17(23)25-2)15(21)18(24)26-3/h4-9H,1-3H3. The number of allylic oxidation sites excluding steroid dienone is 2. The Hall–Kier alpha value is -3.29. The predicted octanol–water partition coefficient (Wildman–Crippen LogP) is 2.66. The molecule has 0 atom stereocenters. The summed E-state index contributed by atoms with van der Waals surface area (Å²) >= 11 is 0. The lowest BCUT2D eigenvalue weighted by Crippen LogP contribution is -2.28. The second kappa shape index (κ2) is 7.73. The number of ketones is 1. The van der Waals surface area contributed by atoms with Crippen molar-refractivity contribution < 1.29 is 32.6 Å². The lowest BCUT2D eigenvalue weighted by molar-refractivity contribution is -0.139. The second-order valence-corrected chi connectivity index (χ2v) is 5.16. The van der Waals surface area contributed by atoms with E-state index < -0.39 is 40.7 Å². The number of carbonyl (C=O) groups is 3. The van der Waals surface area contributed by atoms with E-state index >= 15 is 0 Å². The molecule has 0 bridgehead atoms. The Morgan fingerprint density at radius 3 is 2.04 bits per heavy atom. The zero-order valence-corrected chi connectivity index (χ0v) is 14.2. The smallest absolute Gasteiger partial charge is 0.355 e. The molecule has 0 unspecified atom stereocenters. The van der Waals surface area contributed by atoms with Gasteiger partial charge in [0.15, 0.2) is 17.4 Å². The molecular weight excluding hydrogens is 348 g/mol. The average molecular weight is 363 g/mol. The van der Waals surface area contributed by atoms with E-state index in [4.69, 9.17) is 0 Å². The van der Waals surface area contributed by atoms with E-state index in [0.29, 0.717) is 0 Å². The number of nitrogens with zero attached hydrogens (tertiary/aromatic N) is 1. The number of methoxy groups -OCH3 is 2. The van der Waals surface area contributed by atoms with Gasteiger partial charge in [-0.1, -0.05) is 6.08 Å². The van der Waals surface area contributed by atoms with Crippen LogP contribution in [0.2, 0.25) is 0 Å². The quantitative estimate of drug-likeness (QED) is 0.605. The van der Waals surface area contributed by atoms with E-state index in [1.807, 2.05) is 0 Å². The third kappa shape index (κ3) is 3.53. The molecule has 0 saturated carbocycles. The third-order valence-electron chi connectivity index (χ3n) is 3.55. The number of carbonyl (C=O) groups excluding carboxylic acids is 3. The van der Waals surface area contributed by atoms with Gasteiger partial charge in [-0.15, -0.1) is 0 Å². The first-order valence-corrected chi connectivity index (χ1v) is 7.36. The molecule has 1 aliphatic rings. The van der Waals surface area contributed by atoms with Crippen LogP contribution in [0, 0.1) is 11.6 Å². The van der Waals surface area contributed by atoms with Gasteiger partial charge in [0.1, 0.15) is 11.4 Å². The Balaban J connectivity index is 2.76. The molecule has 0 N–H and O–H groups in total. The summed E-state index contributed by atoms with van der Waals surface area (Å²) in [5.41, 5.74) is -1.49. The van der Waals surface area contributed by atoms with Gasteiger partial charge >= 0.3 is 11.9 Å². The minimum atomic E-state index is -1.09. The summed E-state index contributed by atoms with van der Waals surface area (Å²) < 4.78 is 38.4. The van der Waals surface area contributed by atoms with E-state index in [1.54, 1.807) is 0 Å². The van der Waals surface area contributed by atoms with Gasteiger partial charge in [-0.25, -0.2) is 18.4 Å². The van der Waals surface area contributed by atoms with Crippen molar-refractivity contribution in [3.63, 3.8) is 0 Å². The SMILES string of the molecule is COC(=O)C1=C(C(=O)OC)N(c2c(F)cc(C(C)=O)cc2F)C=CC=C1. The van der Waals surface area contributed by atoms with Gasteiger partial charge in [0.05, 0.1) is 19.8 Å². The highest BCUT2D eigenvalue weighted by molar-refractivity contribution is 6.05. The largest absolute Gasteiger partial charge is 0.465 e. The van der Waals surface area contributed by atoms with Crippen molar-refractivity contribution in [2.75, 3.05) is 19.1 Å². The maximum atomic E-state index is 14.6. The molecule has 1 heterocycles. The van der Waals surface area contributed by atoms with Gasteiger partial charge in [0.2, 0.25) is 0 Å². The van der Waals surface area contributed by atoms with Crippen LogP contribution in [0.3, 0.4) is 0 Å². The van der Waals surface area contributed by atoms with Gasteiger partial charge in [-0.2, -0.15) is 0 Å². The van der Waals surface area contributed by atoms with Crippen molar-refractivity contribution in [2.45, 2.75) is 6.92 Å². The van der Waals surface area contributed by atoms with Crippen LogP contribution in [0.15, 0.2) is 47.8 Å². The number of benzene rings is 1. The summed E-state index contributed by atoms with van der Waals surface area (Å²) in [6.07, 6.45) is 5.22. The molecule has 0 aromatic heterocycles. The van der Waals surface area contributed by atoms with E-state index in [2.05, 4.69) is 9.47 Å². The molecule has 1 aliphatic heterocycles. The molecule has 26 heavy (non-hydrogen) atoms.